The minimum Gasteiger partial charge on any atom is -0.496 e. The van der Waals surface area contributed by atoms with E-state index >= 15 is 0 Å². The van der Waals surface area contributed by atoms with Crippen molar-refractivity contribution in [1.82, 2.24) is 4.98 Å². The first-order valence-corrected chi connectivity index (χ1v) is 9.10. The molecule has 0 aliphatic carbocycles. The summed E-state index contributed by atoms with van der Waals surface area (Å²) in [5, 5.41) is 2.42. The van der Waals surface area contributed by atoms with Gasteiger partial charge in [0, 0.05) is 29.4 Å². The molecule has 0 spiro atoms. The summed E-state index contributed by atoms with van der Waals surface area (Å²) in [4.78, 5) is 27.9. The van der Waals surface area contributed by atoms with Crippen molar-refractivity contribution in [2.45, 2.75) is 37.1 Å². The van der Waals surface area contributed by atoms with E-state index in [0.717, 1.165) is 19.1 Å². The van der Waals surface area contributed by atoms with Gasteiger partial charge >= 0.3 is 6.18 Å². The zero-order valence-corrected chi connectivity index (χ0v) is 16.5. The number of primary amides is 1. The summed E-state index contributed by atoms with van der Waals surface area (Å²) in [6, 6.07) is 5.89. The van der Waals surface area contributed by atoms with E-state index in [9.17, 15) is 27.2 Å². The van der Waals surface area contributed by atoms with Crippen molar-refractivity contribution in [3.63, 3.8) is 0 Å². The fourth-order valence-electron chi connectivity index (χ4n) is 3.48. The molecule has 0 unspecified atom stereocenters. The molecule has 2 aromatic rings. The third kappa shape index (κ3) is 4.46. The molecule has 2 heterocycles. The molecule has 7 nitrogen and oxygen atoms in total. The van der Waals surface area contributed by atoms with Gasteiger partial charge in [-0.3, -0.25) is 14.6 Å². The van der Waals surface area contributed by atoms with Crippen molar-refractivity contribution in [3.8, 4) is 5.75 Å². The number of ether oxygens (including phenoxy) is 2. The Morgan fingerprint density at radius 3 is 2.61 bits per heavy atom. The molecule has 1 aliphatic heterocycles. The Morgan fingerprint density at radius 2 is 2.00 bits per heavy atom. The lowest BCUT2D eigenvalue weighted by molar-refractivity contribution is -0.261. The van der Waals surface area contributed by atoms with Crippen molar-refractivity contribution >= 4 is 17.5 Å². The zero-order chi connectivity index (χ0) is 23.0. The van der Waals surface area contributed by atoms with Gasteiger partial charge in [-0.1, -0.05) is 6.07 Å². The van der Waals surface area contributed by atoms with Gasteiger partial charge in [0.15, 0.2) is 5.60 Å². The fraction of sp³-hybridized carbons (Fsp3) is 0.350. The SMILES string of the molecule is COc1cc(F)ccc1[C@H]1C[C@@](C)(C(F)(F)F)O[C@H]1C(=O)Nc1ccnc(C(N)=O)c1. The van der Waals surface area contributed by atoms with E-state index < -0.39 is 47.9 Å². The Morgan fingerprint density at radius 1 is 1.29 bits per heavy atom. The first-order valence-electron chi connectivity index (χ1n) is 9.10. The molecule has 11 heteroatoms. The molecule has 2 amide bonds. The highest BCUT2D eigenvalue weighted by atomic mass is 19.4. The number of aromatic nitrogens is 1. The largest absolute Gasteiger partial charge is 0.496 e. The number of carbonyl (C=O) groups excluding carboxylic acids is 2. The van der Waals surface area contributed by atoms with E-state index in [1.165, 1.54) is 31.5 Å². The van der Waals surface area contributed by atoms with E-state index in [-0.39, 0.29) is 22.7 Å². The third-order valence-corrected chi connectivity index (χ3v) is 5.09. The van der Waals surface area contributed by atoms with Gasteiger partial charge in [0.25, 0.3) is 11.8 Å². The van der Waals surface area contributed by atoms with Crippen molar-refractivity contribution in [3.05, 3.63) is 53.6 Å². The van der Waals surface area contributed by atoms with Crippen LogP contribution in [0.4, 0.5) is 23.2 Å². The van der Waals surface area contributed by atoms with Crippen LogP contribution >= 0.6 is 0 Å². The van der Waals surface area contributed by atoms with E-state index in [1.807, 2.05) is 0 Å². The highest BCUT2D eigenvalue weighted by Crippen LogP contribution is 2.51. The van der Waals surface area contributed by atoms with Crippen LogP contribution in [0.15, 0.2) is 36.5 Å². The standard InChI is InChI=1S/C20H19F4N3O4/c1-19(20(22,23)24)9-13(12-4-3-10(21)7-15(12)30-2)16(31-19)18(29)27-11-5-6-26-14(8-11)17(25)28/h3-8,13,16H,9H2,1-2H3,(H2,25,28)(H,26,27,29)/t13-,16-,19+/m1/s1. The number of nitrogens with zero attached hydrogens (tertiary/aromatic N) is 1. The number of nitrogens with one attached hydrogen (secondary N) is 1. The number of anilines is 1. The Labute approximate surface area is 174 Å². The summed E-state index contributed by atoms with van der Waals surface area (Å²) >= 11 is 0. The van der Waals surface area contributed by atoms with Gasteiger partial charge in [0.05, 0.1) is 7.11 Å². The number of hydrogen-bond donors (Lipinski definition) is 2. The Bertz CT molecular complexity index is 1010. The monoisotopic (exact) mass is 441 g/mol. The average molecular weight is 441 g/mol. The Balaban J connectivity index is 1.97. The minimum absolute atomic E-state index is 0.00208. The summed E-state index contributed by atoms with van der Waals surface area (Å²) in [6.45, 7) is 0.848. The van der Waals surface area contributed by atoms with Crippen LogP contribution in [0.1, 0.15) is 35.3 Å². The van der Waals surface area contributed by atoms with E-state index in [4.69, 9.17) is 15.2 Å². The second-order valence-corrected chi connectivity index (χ2v) is 7.25. The number of carbonyl (C=O) groups is 2. The molecule has 1 saturated heterocycles. The Hall–Kier alpha value is -3.21. The highest BCUT2D eigenvalue weighted by molar-refractivity contribution is 5.97. The zero-order valence-electron chi connectivity index (χ0n) is 16.5. The van der Waals surface area contributed by atoms with Crippen molar-refractivity contribution in [2.24, 2.45) is 5.73 Å². The Kier molecular flexibility index (Phi) is 5.90. The van der Waals surface area contributed by atoms with Crippen LogP contribution in [0.2, 0.25) is 0 Å². The van der Waals surface area contributed by atoms with Crippen molar-refractivity contribution in [2.75, 3.05) is 12.4 Å². The van der Waals surface area contributed by atoms with Crippen LogP contribution in [-0.2, 0) is 9.53 Å². The van der Waals surface area contributed by atoms with Gasteiger partial charge in [0.1, 0.15) is 23.4 Å². The number of amides is 2. The molecule has 1 aliphatic rings. The topological polar surface area (TPSA) is 104 Å². The van der Waals surface area contributed by atoms with Gasteiger partial charge in [-0.15, -0.1) is 0 Å². The third-order valence-electron chi connectivity index (χ3n) is 5.09. The minimum atomic E-state index is -4.76. The van der Waals surface area contributed by atoms with Gasteiger partial charge in [-0.2, -0.15) is 13.2 Å². The number of alkyl halides is 3. The summed E-state index contributed by atoms with van der Waals surface area (Å²) in [7, 11) is 1.24. The molecule has 0 radical (unpaired) electrons. The maximum atomic E-state index is 13.7. The van der Waals surface area contributed by atoms with Gasteiger partial charge in [-0.25, -0.2) is 4.39 Å². The van der Waals surface area contributed by atoms with Crippen LogP contribution in [-0.4, -0.2) is 41.8 Å². The fourth-order valence-corrected chi connectivity index (χ4v) is 3.48. The van der Waals surface area contributed by atoms with Crippen LogP contribution in [0.5, 0.6) is 5.75 Å². The van der Waals surface area contributed by atoms with Crippen molar-refractivity contribution in [1.29, 1.82) is 0 Å². The molecular weight excluding hydrogens is 422 g/mol. The van der Waals surface area contributed by atoms with Crippen LogP contribution in [0.3, 0.4) is 0 Å². The second kappa shape index (κ2) is 8.14. The first kappa shape index (κ1) is 22.5. The molecular formula is C20H19F4N3O4. The maximum absolute atomic E-state index is 13.7. The average Bonchev–Trinajstić information content (AvgIpc) is 3.07. The number of halogens is 4. The quantitative estimate of drug-likeness (QED) is 0.694. The highest BCUT2D eigenvalue weighted by Gasteiger charge is 2.61. The lowest BCUT2D eigenvalue weighted by atomic mass is 9.86. The summed E-state index contributed by atoms with van der Waals surface area (Å²) < 4.78 is 65.0. The smallest absolute Gasteiger partial charge is 0.417 e. The number of nitrogens with two attached hydrogens (primary N) is 1. The predicted molar refractivity (Wildman–Crippen MR) is 101 cm³/mol. The number of hydrogen-bond acceptors (Lipinski definition) is 5. The number of pyridine rings is 1. The lowest BCUT2D eigenvalue weighted by Gasteiger charge is -2.27. The van der Waals surface area contributed by atoms with Crippen molar-refractivity contribution < 1.29 is 36.6 Å². The van der Waals surface area contributed by atoms with Gasteiger partial charge in [0.2, 0.25) is 0 Å². The molecule has 1 aromatic heterocycles. The maximum Gasteiger partial charge on any atom is 0.417 e. The first-order chi connectivity index (χ1) is 14.4. The second-order valence-electron chi connectivity index (χ2n) is 7.25. The molecule has 1 aromatic carbocycles. The van der Waals surface area contributed by atoms with Gasteiger partial charge < -0.3 is 20.5 Å². The molecule has 0 bridgehead atoms. The van der Waals surface area contributed by atoms with Crippen LogP contribution in [0, 0.1) is 5.82 Å². The lowest BCUT2D eigenvalue weighted by Crippen LogP contribution is -2.43. The van der Waals surface area contributed by atoms with Crippen LogP contribution in [0.25, 0.3) is 0 Å². The normalized spacial score (nSPS) is 23.4. The number of methoxy groups -OCH3 is 1. The molecule has 3 atom stereocenters. The molecule has 1 fully saturated rings. The van der Waals surface area contributed by atoms with Crippen LogP contribution < -0.4 is 15.8 Å². The van der Waals surface area contributed by atoms with Gasteiger partial charge in [-0.05, 0) is 31.5 Å². The molecule has 3 rings (SSSR count). The van der Waals surface area contributed by atoms with E-state index in [1.54, 1.807) is 0 Å². The van der Waals surface area contributed by atoms with E-state index in [2.05, 4.69) is 10.3 Å². The molecule has 0 saturated carbocycles. The van der Waals surface area contributed by atoms with E-state index in [0.29, 0.717) is 0 Å². The molecule has 166 valence electrons. The number of rotatable bonds is 5. The predicted octanol–water partition coefficient (Wildman–Crippen LogP) is 3.16. The summed E-state index contributed by atoms with van der Waals surface area (Å²) in [5.41, 5.74) is 2.70. The molecule has 31 heavy (non-hydrogen) atoms. The summed E-state index contributed by atoms with van der Waals surface area (Å²) in [6.07, 6.45) is -5.70. The molecule has 3 N–H and O–H groups in total. The number of benzene rings is 1. The summed E-state index contributed by atoms with van der Waals surface area (Å²) in [5.74, 6) is -3.45.